The molecule has 0 unspecified atom stereocenters. The Morgan fingerprint density at radius 2 is 1.75 bits per heavy atom. The molecule has 1 saturated heterocycles. The van der Waals surface area contributed by atoms with Crippen molar-refractivity contribution in [3.63, 3.8) is 0 Å². The third-order valence-electron chi connectivity index (χ3n) is 3.98. The van der Waals surface area contributed by atoms with Gasteiger partial charge in [0, 0.05) is 18.8 Å². The van der Waals surface area contributed by atoms with Gasteiger partial charge in [-0.05, 0) is 31.0 Å². The molecule has 1 aromatic carbocycles. The van der Waals surface area contributed by atoms with Gasteiger partial charge in [-0.25, -0.2) is 9.97 Å². The molecule has 1 aliphatic rings. The number of carbonyl (C=O) groups is 1. The Hall–Kier alpha value is -1.85. The quantitative estimate of drug-likeness (QED) is 0.875. The summed E-state index contributed by atoms with van der Waals surface area (Å²) in [6.45, 7) is 1.98. The van der Waals surface area contributed by atoms with Gasteiger partial charge in [-0.15, -0.1) is 0 Å². The molecule has 0 saturated carbocycles. The van der Waals surface area contributed by atoms with Gasteiger partial charge in [-0.1, -0.05) is 36.0 Å². The first-order valence-electron chi connectivity index (χ1n) is 7.97. The summed E-state index contributed by atoms with van der Waals surface area (Å²) in [5, 5.41) is 3.56. The maximum atomic E-state index is 12.2. The molecule has 1 aliphatic heterocycles. The number of nitrogens with zero attached hydrogens (tertiary/aromatic N) is 3. The van der Waals surface area contributed by atoms with Crippen LogP contribution in [0.5, 0.6) is 0 Å². The minimum Gasteiger partial charge on any atom is -0.355 e. The van der Waals surface area contributed by atoms with Crippen molar-refractivity contribution >= 4 is 40.6 Å². The van der Waals surface area contributed by atoms with Gasteiger partial charge in [-0.2, -0.15) is 0 Å². The number of halogens is 2. The van der Waals surface area contributed by atoms with Crippen molar-refractivity contribution in [3.8, 4) is 0 Å². The summed E-state index contributed by atoms with van der Waals surface area (Å²) in [6, 6.07) is 4.92. The highest BCUT2D eigenvalue weighted by atomic mass is 35.5. The van der Waals surface area contributed by atoms with Gasteiger partial charge in [0.2, 0.25) is 0 Å². The van der Waals surface area contributed by atoms with Crippen LogP contribution in [0, 0.1) is 0 Å². The first kappa shape index (κ1) is 17.0. The lowest BCUT2D eigenvalue weighted by Gasteiger charge is -2.20. The number of hydrogen-bond acceptors (Lipinski definition) is 4. The second-order valence-corrected chi connectivity index (χ2v) is 6.56. The fourth-order valence-electron chi connectivity index (χ4n) is 2.67. The molecule has 2 heterocycles. The Bertz CT molecular complexity index is 713. The monoisotopic (exact) mass is 364 g/mol. The molecular formula is C17H18Cl2N4O. The Kier molecular flexibility index (Phi) is 5.53. The van der Waals surface area contributed by atoms with E-state index < -0.39 is 0 Å². The lowest BCUT2D eigenvalue weighted by Crippen LogP contribution is -2.25. The lowest BCUT2D eigenvalue weighted by molar-refractivity contribution is 0.102. The third kappa shape index (κ3) is 4.16. The van der Waals surface area contributed by atoms with Gasteiger partial charge < -0.3 is 10.2 Å². The number of anilines is 2. The molecule has 1 aromatic heterocycles. The highest BCUT2D eigenvalue weighted by Crippen LogP contribution is 2.25. The zero-order valence-corrected chi connectivity index (χ0v) is 14.6. The smallest absolute Gasteiger partial charge is 0.275 e. The molecule has 0 spiro atoms. The summed E-state index contributed by atoms with van der Waals surface area (Å²) in [5.41, 5.74) is 0.826. The van der Waals surface area contributed by atoms with E-state index >= 15 is 0 Å². The minimum absolute atomic E-state index is 0.264. The summed E-state index contributed by atoms with van der Waals surface area (Å²) < 4.78 is 0. The topological polar surface area (TPSA) is 58.1 Å². The minimum atomic E-state index is -0.330. The predicted octanol–water partition coefficient (Wildman–Crippen LogP) is 4.42. The Morgan fingerprint density at radius 1 is 1.00 bits per heavy atom. The Morgan fingerprint density at radius 3 is 2.38 bits per heavy atom. The van der Waals surface area contributed by atoms with Crippen molar-refractivity contribution in [2.45, 2.75) is 25.7 Å². The lowest BCUT2D eigenvalue weighted by atomic mass is 10.2. The van der Waals surface area contributed by atoms with Crippen molar-refractivity contribution in [1.82, 2.24) is 9.97 Å². The van der Waals surface area contributed by atoms with Crippen LogP contribution in [0.25, 0.3) is 0 Å². The summed E-state index contributed by atoms with van der Waals surface area (Å²) in [7, 11) is 0. The molecule has 0 radical (unpaired) electrons. The first-order valence-corrected chi connectivity index (χ1v) is 8.72. The van der Waals surface area contributed by atoms with Crippen molar-refractivity contribution in [2.24, 2.45) is 0 Å². The first-order chi connectivity index (χ1) is 11.6. The average Bonchev–Trinajstić information content (AvgIpc) is 2.88. The van der Waals surface area contributed by atoms with E-state index in [2.05, 4.69) is 20.2 Å². The van der Waals surface area contributed by atoms with Crippen LogP contribution >= 0.6 is 23.2 Å². The molecule has 2 aromatic rings. The van der Waals surface area contributed by atoms with Crippen LogP contribution in [-0.4, -0.2) is 29.0 Å². The second-order valence-electron chi connectivity index (χ2n) is 5.74. The molecule has 0 aliphatic carbocycles. The van der Waals surface area contributed by atoms with E-state index in [1.165, 1.54) is 31.9 Å². The van der Waals surface area contributed by atoms with E-state index in [1.807, 2.05) is 0 Å². The molecule has 3 rings (SSSR count). The number of benzene rings is 1. The van der Waals surface area contributed by atoms with Gasteiger partial charge in [0.05, 0.1) is 22.4 Å². The average molecular weight is 365 g/mol. The standard InChI is InChI=1S/C17H18Cl2N4O/c18-13-6-5-12(9-14(13)19)22-17(24)15-10-21-16(11-20-15)23-7-3-1-2-4-8-23/h5-6,9-11H,1-4,7-8H2,(H,22,24). The maximum absolute atomic E-state index is 12.2. The van der Waals surface area contributed by atoms with Crippen LogP contribution in [0.3, 0.4) is 0 Å². The highest BCUT2D eigenvalue weighted by Gasteiger charge is 2.14. The fourth-order valence-corrected chi connectivity index (χ4v) is 2.97. The van der Waals surface area contributed by atoms with E-state index in [1.54, 1.807) is 24.4 Å². The summed E-state index contributed by atoms with van der Waals surface area (Å²) in [4.78, 5) is 23.1. The molecule has 0 bridgehead atoms. The van der Waals surface area contributed by atoms with Crippen molar-refractivity contribution in [3.05, 3.63) is 46.3 Å². The molecule has 1 amide bonds. The molecule has 5 nitrogen and oxygen atoms in total. The Labute approximate surface area is 151 Å². The second kappa shape index (κ2) is 7.81. The van der Waals surface area contributed by atoms with E-state index in [-0.39, 0.29) is 11.6 Å². The number of aromatic nitrogens is 2. The van der Waals surface area contributed by atoms with Gasteiger partial charge in [-0.3, -0.25) is 4.79 Å². The largest absolute Gasteiger partial charge is 0.355 e. The van der Waals surface area contributed by atoms with Crippen molar-refractivity contribution in [1.29, 1.82) is 0 Å². The zero-order valence-electron chi connectivity index (χ0n) is 13.1. The molecular weight excluding hydrogens is 347 g/mol. The zero-order chi connectivity index (χ0) is 16.9. The number of nitrogens with one attached hydrogen (secondary N) is 1. The van der Waals surface area contributed by atoms with Crippen molar-refractivity contribution in [2.75, 3.05) is 23.3 Å². The van der Waals surface area contributed by atoms with Gasteiger partial charge >= 0.3 is 0 Å². The van der Waals surface area contributed by atoms with Crippen LogP contribution in [0.4, 0.5) is 11.5 Å². The van der Waals surface area contributed by atoms with Crippen LogP contribution < -0.4 is 10.2 Å². The van der Waals surface area contributed by atoms with Crippen LogP contribution in [0.15, 0.2) is 30.6 Å². The van der Waals surface area contributed by atoms with E-state index in [0.717, 1.165) is 18.9 Å². The summed E-state index contributed by atoms with van der Waals surface area (Å²) >= 11 is 11.8. The van der Waals surface area contributed by atoms with E-state index in [0.29, 0.717) is 15.7 Å². The molecule has 1 fully saturated rings. The van der Waals surface area contributed by atoms with Crippen LogP contribution in [-0.2, 0) is 0 Å². The van der Waals surface area contributed by atoms with Crippen molar-refractivity contribution < 1.29 is 4.79 Å². The maximum Gasteiger partial charge on any atom is 0.275 e. The molecule has 0 atom stereocenters. The fraction of sp³-hybridized carbons (Fsp3) is 0.353. The van der Waals surface area contributed by atoms with E-state index in [9.17, 15) is 4.79 Å². The molecule has 126 valence electrons. The third-order valence-corrected chi connectivity index (χ3v) is 4.72. The van der Waals surface area contributed by atoms with Gasteiger partial charge in [0.15, 0.2) is 0 Å². The van der Waals surface area contributed by atoms with Crippen LogP contribution in [0.1, 0.15) is 36.2 Å². The highest BCUT2D eigenvalue weighted by molar-refractivity contribution is 6.42. The Balaban J connectivity index is 1.68. The van der Waals surface area contributed by atoms with Crippen LogP contribution in [0.2, 0.25) is 10.0 Å². The summed E-state index contributed by atoms with van der Waals surface area (Å²) in [5.74, 6) is 0.492. The number of amides is 1. The van der Waals surface area contributed by atoms with Gasteiger partial charge in [0.25, 0.3) is 5.91 Å². The SMILES string of the molecule is O=C(Nc1ccc(Cl)c(Cl)c1)c1cnc(N2CCCCCC2)cn1. The number of rotatable bonds is 3. The van der Waals surface area contributed by atoms with Gasteiger partial charge in [0.1, 0.15) is 11.5 Å². The number of carbonyl (C=O) groups excluding carboxylic acids is 1. The predicted molar refractivity (Wildman–Crippen MR) is 97.1 cm³/mol. The molecule has 1 N–H and O–H groups in total. The molecule has 24 heavy (non-hydrogen) atoms. The molecule has 7 heteroatoms. The van der Waals surface area contributed by atoms with E-state index in [4.69, 9.17) is 23.2 Å². The number of hydrogen-bond donors (Lipinski definition) is 1. The normalized spacial score (nSPS) is 15.0. The summed E-state index contributed by atoms with van der Waals surface area (Å²) in [6.07, 6.45) is 8.02.